The second-order valence-corrected chi connectivity index (χ2v) is 7.47. The number of nitrogens with zero attached hydrogens (tertiary/aromatic N) is 3. The quantitative estimate of drug-likeness (QED) is 0.347. The highest BCUT2D eigenvalue weighted by atomic mass is 35.5. The van der Waals surface area contributed by atoms with Crippen molar-refractivity contribution in [1.82, 2.24) is 9.55 Å². The van der Waals surface area contributed by atoms with Gasteiger partial charge in [-0.05, 0) is 42.0 Å². The van der Waals surface area contributed by atoms with Crippen molar-refractivity contribution in [2.45, 2.75) is 10.9 Å². The number of rotatable bonds is 4. The highest BCUT2D eigenvalue weighted by molar-refractivity contribution is 7.98. The van der Waals surface area contributed by atoms with E-state index in [0.29, 0.717) is 38.1 Å². The summed E-state index contributed by atoms with van der Waals surface area (Å²) >= 11 is 7.57. The molecule has 4 rings (SSSR count). The summed E-state index contributed by atoms with van der Waals surface area (Å²) in [5, 5.41) is 11.0. The average molecular weight is 404 g/mol. The first-order valence-corrected chi connectivity index (χ1v) is 9.92. The first-order chi connectivity index (χ1) is 13.7. The number of aromatic nitrogens is 2. The SMILES string of the molecule is N#Cc1ccccc1CSc1nc2ccccc2c(=O)n1-c1cccc(Cl)c1. The Balaban J connectivity index is 1.86. The van der Waals surface area contributed by atoms with Crippen LogP contribution < -0.4 is 5.56 Å². The molecule has 1 heterocycles. The zero-order chi connectivity index (χ0) is 19.5. The van der Waals surface area contributed by atoms with Crippen molar-refractivity contribution in [2.75, 3.05) is 0 Å². The van der Waals surface area contributed by atoms with E-state index in [-0.39, 0.29) is 5.56 Å². The van der Waals surface area contributed by atoms with Crippen LogP contribution in [0.25, 0.3) is 16.6 Å². The Kier molecular flexibility index (Phi) is 5.16. The molecule has 0 saturated heterocycles. The average Bonchev–Trinajstić information content (AvgIpc) is 2.72. The van der Waals surface area contributed by atoms with E-state index in [2.05, 4.69) is 6.07 Å². The van der Waals surface area contributed by atoms with Crippen molar-refractivity contribution in [2.24, 2.45) is 0 Å². The zero-order valence-electron chi connectivity index (χ0n) is 14.7. The fraction of sp³-hybridized carbons (Fsp3) is 0.0455. The van der Waals surface area contributed by atoms with Crippen LogP contribution in [-0.4, -0.2) is 9.55 Å². The minimum atomic E-state index is -0.149. The lowest BCUT2D eigenvalue weighted by Gasteiger charge is -2.13. The largest absolute Gasteiger partial charge is 0.268 e. The third kappa shape index (κ3) is 3.53. The molecule has 0 saturated carbocycles. The van der Waals surface area contributed by atoms with Gasteiger partial charge in [0, 0.05) is 10.8 Å². The number of halogens is 1. The number of thioether (sulfide) groups is 1. The van der Waals surface area contributed by atoms with Crippen molar-refractivity contribution in [3.8, 4) is 11.8 Å². The summed E-state index contributed by atoms with van der Waals surface area (Å²) in [6.45, 7) is 0. The molecule has 136 valence electrons. The van der Waals surface area contributed by atoms with E-state index >= 15 is 0 Å². The molecule has 0 aliphatic rings. The summed E-state index contributed by atoms with van der Waals surface area (Å²) in [7, 11) is 0. The monoisotopic (exact) mass is 403 g/mol. The second-order valence-electron chi connectivity index (χ2n) is 6.09. The van der Waals surface area contributed by atoms with E-state index in [1.165, 1.54) is 11.8 Å². The van der Waals surface area contributed by atoms with Crippen LogP contribution in [0.4, 0.5) is 0 Å². The van der Waals surface area contributed by atoms with Gasteiger partial charge in [0.25, 0.3) is 5.56 Å². The number of hydrogen-bond donors (Lipinski definition) is 0. The lowest BCUT2D eigenvalue weighted by Crippen LogP contribution is -2.21. The number of hydrogen-bond acceptors (Lipinski definition) is 4. The summed E-state index contributed by atoms with van der Waals surface area (Å²) < 4.78 is 1.58. The van der Waals surface area contributed by atoms with E-state index in [1.807, 2.05) is 42.5 Å². The molecule has 0 aliphatic heterocycles. The van der Waals surface area contributed by atoms with E-state index in [4.69, 9.17) is 16.6 Å². The van der Waals surface area contributed by atoms with Gasteiger partial charge >= 0.3 is 0 Å². The van der Waals surface area contributed by atoms with Crippen LogP contribution in [0, 0.1) is 11.3 Å². The summed E-state index contributed by atoms with van der Waals surface area (Å²) in [6, 6.07) is 24.1. The maximum absolute atomic E-state index is 13.2. The topological polar surface area (TPSA) is 58.7 Å². The number of benzene rings is 3. The zero-order valence-corrected chi connectivity index (χ0v) is 16.2. The first kappa shape index (κ1) is 18.3. The van der Waals surface area contributed by atoms with Crippen molar-refractivity contribution < 1.29 is 0 Å². The maximum atomic E-state index is 13.2. The van der Waals surface area contributed by atoms with Crippen molar-refractivity contribution >= 4 is 34.3 Å². The molecule has 1 aromatic heterocycles. The molecule has 0 bridgehead atoms. The van der Waals surface area contributed by atoms with Crippen LogP contribution in [0.2, 0.25) is 5.02 Å². The highest BCUT2D eigenvalue weighted by Gasteiger charge is 2.14. The molecule has 0 spiro atoms. The number of nitriles is 1. The molecule has 28 heavy (non-hydrogen) atoms. The van der Waals surface area contributed by atoms with Gasteiger partial charge in [-0.25, -0.2) is 4.98 Å². The standard InChI is InChI=1S/C22H14ClN3OS/c23-17-8-5-9-18(12-17)26-21(27)19-10-3-4-11-20(19)25-22(26)28-14-16-7-2-1-6-15(16)13-24/h1-12H,14H2. The van der Waals surface area contributed by atoms with Crippen LogP contribution >= 0.6 is 23.4 Å². The number of fused-ring (bicyclic) bond motifs is 1. The van der Waals surface area contributed by atoms with Gasteiger partial charge in [-0.15, -0.1) is 0 Å². The van der Waals surface area contributed by atoms with E-state index in [0.717, 1.165) is 5.56 Å². The third-order valence-electron chi connectivity index (χ3n) is 4.31. The maximum Gasteiger partial charge on any atom is 0.266 e. The van der Waals surface area contributed by atoms with Crippen molar-refractivity contribution in [1.29, 1.82) is 5.26 Å². The van der Waals surface area contributed by atoms with Crippen molar-refractivity contribution in [3.05, 3.63) is 99.3 Å². The number of para-hydroxylation sites is 1. The van der Waals surface area contributed by atoms with Gasteiger partial charge in [0.15, 0.2) is 5.16 Å². The fourth-order valence-electron chi connectivity index (χ4n) is 2.95. The Morgan fingerprint density at radius 3 is 2.64 bits per heavy atom. The Hall–Kier alpha value is -3.07. The van der Waals surface area contributed by atoms with Gasteiger partial charge in [0.2, 0.25) is 0 Å². The Morgan fingerprint density at radius 1 is 1.04 bits per heavy atom. The van der Waals surface area contributed by atoms with E-state index in [1.54, 1.807) is 34.9 Å². The highest BCUT2D eigenvalue weighted by Crippen LogP contribution is 2.26. The molecular formula is C22H14ClN3OS. The van der Waals surface area contributed by atoms with Gasteiger partial charge in [-0.1, -0.05) is 59.8 Å². The molecule has 0 aliphatic carbocycles. The Labute approximate surface area is 171 Å². The summed E-state index contributed by atoms with van der Waals surface area (Å²) in [5.41, 5.74) is 2.67. The third-order valence-corrected chi connectivity index (χ3v) is 5.53. The Bertz CT molecular complexity index is 1280. The van der Waals surface area contributed by atoms with E-state index in [9.17, 15) is 10.1 Å². The molecule has 0 atom stereocenters. The van der Waals surface area contributed by atoms with Crippen LogP contribution in [0.15, 0.2) is 82.7 Å². The minimum absolute atomic E-state index is 0.149. The Morgan fingerprint density at radius 2 is 1.82 bits per heavy atom. The summed E-state index contributed by atoms with van der Waals surface area (Å²) in [5.74, 6) is 0.523. The lowest BCUT2D eigenvalue weighted by molar-refractivity contribution is 0.819. The van der Waals surface area contributed by atoms with Gasteiger partial charge in [0.1, 0.15) is 0 Å². The second kappa shape index (κ2) is 7.89. The normalized spacial score (nSPS) is 10.7. The van der Waals surface area contributed by atoms with Gasteiger partial charge in [0.05, 0.1) is 28.2 Å². The molecule has 0 amide bonds. The van der Waals surface area contributed by atoms with Crippen molar-refractivity contribution in [3.63, 3.8) is 0 Å². The predicted octanol–water partition coefficient (Wildman–Crippen LogP) is 5.20. The molecule has 0 fully saturated rings. The minimum Gasteiger partial charge on any atom is -0.268 e. The first-order valence-electron chi connectivity index (χ1n) is 8.56. The van der Waals surface area contributed by atoms with Gasteiger partial charge < -0.3 is 0 Å². The molecule has 0 radical (unpaired) electrons. The van der Waals surface area contributed by atoms with Crippen LogP contribution in [0.5, 0.6) is 0 Å². The molecule has 0 N–H and O–H groups in total. The smallest absolute Gasteiger partial charge is 0.266 e. The molecule has 4 aromatic rings. The fourth-order valence-corrected chi connectivity index (χ4v) is 4.15. The predicted molar refractivity (Wildman–Crippen MR) is 113 cm³/mol. The van der Waals surface area contributed by atoms with E-state index < -0.39 is 0 Å². The van der Waals surface area contributed by atoms with Crippen LogP contribution in [0.3, 0.4) is 0 Å². The van der Waals surface area contributed by atoms with Gasteiger partial charge in [-0.3, -0.25) is 9.36 Å². The molecule has 3 aromatic carbocycles. The molecular weight excluding hydrogens is 390 g/mol. The van der Waals surface area contributed by atoms with Crippen LogP contribution in [0.1, 0.15) is 11.1 Å². The lowest BCUT2D eigenvalue weighted by atomic mass is 10.1. The summed E-state index contributed by atoms with van der Waals surface area (Å²) in [4.78, 5) is 17.9. The summed E-state index contributed by atoms with van der Waals surface area (Å²) in [6.07, 6.45) is 0. The molecule has 0 unspecified atom stereocenters. The molecule has 4 nitrogen and oxygen atoms in total. The van der Waals surface area contributed by atoms with Gasteiger partial charge in [-0.2, -0.15) is 5.26 Å². The van der Waals surface area contributed by atoms with Crippen LogP contribution in [-0.2, 0) is 5.75 Å². The molecule has 6 heteroatoms.